The van der Waals surface area contributed by atoms with Gasteiger partial charge < -0.3 is 9.84 Å². The highest BCUT2D eigenvalue weighted by Gasteiger charge is 2.27. The van der Waals surface area contributed by atoms with E-state index in [2.05, 4.69) is 6.58 Å². The van der Waals surface area contributed by atoms with E-state index in [0.717, 1.165) is 21.9 Å². The van der Waals surface area contributed by atoms with Crippen LogP contribution < -0.4 is 0 Å². The Morgan fingerprint density at radius 2 is 1.64 bits per heavy atom. The van der Waals surface area contributed by atoms with Crippen molar-refractivity contribution in [1.29, 1.82) is 0 Å². The highest BCUT2D eigenvalue weighted by Crippen LogP contribution is 2.30. The molecule has 0 aliphatic rings. The molecule has 126 valence electrons. The van der Waals surface area contributed by atoms with Gasteiger partial charge in [-0.1, -0.05) is 55.1 Å². The van der Waals surface area contributed by atoms with Gasteiger partial charge in [-0.25, -0.2) is 4.79 Å². The van der Waals surface area contributed by atoms with Gasteiger partial charge in [-0.05, 0) is 53.9 Å². The Kier molecular flexibility index (Phi) is 4.32. The summed E-state index contributed by atoms with van der Waals surface area (Å²) in [6.45, 7) is 7.49. The molecule has 3 heteroatoms. The number of aromatic hydroxyl groups is 1. The first kappa shape index (κ1) is 16.8. The van der Waals surface area contributed by atoms with Gasteiger partial charge in [0.1, 0.15) is 11.4 Å². The summed E-state index contributed by atoms with van der Waals surface area (Å²) in [4.78, 5) is 12.8. The molecule has 0 unspecified atom stereocenters. The Hall–Kier alpha value is -3.07. The van der Waals surface area contributed by atoms with Crippen molar-refractivity contribution in [3.63, 3.8) is 0 Å². The molecule has 3 rings (SSSR count). The molecular weight excluding hydrogens is 312 g/mol. The van der Waals surface area contributed by atoms with E-state index in [9.17, 15) is 9.90 Å². The number of esters is 1. The van der Waals surface area contributed by atoms with E-state index in [0.29, 0.717) is 5.56 Å². The first-order valence-electron chi connectivity index (χ1n) is 8.09. The first-order chi connectivity index (χ1) is 11.9. The lowest BCUT2D eigenvalue weighted by Crippen LogP contribution is -2.25. The second-order valence-corrected chi connectivity index (χ2v) is 6.40. The van der Waals surface area contributed by atoms with Crippen molar-refractivity contribution in [2.45, 2.75) is 19.4 Å². The predicted octanol–water partition coefficient (Wildman–Crippen LogP) is 5.28. The van der Waals surface area contributed by atoms with Crippen LogP contribution in [0.4, 0.5) is 0 Å². The number of phenolic OH excluding ortho intramolecular Hbond substituents is 1. The third kappa shape index (κ3) is 3.26. The van der Waals surface area contributed by atoms with Crippen molar-refractivity contribution in [2.24, 2.45) is 0 Å². The van der Waals surface area contributed by atoms with Crippen LogP contribution >= 0.6 is 0 Å². The second kappa shape index (κ2) is 6.44. The van der Waals surface area contributed by atoms with Gasteiger partial charge in [-0.3, -0.25) is 0 Å². The predicted molar refractivity (Wildman–Crippen MR) is 101 cm³/mol. The van der Waals surface area contributed by atoms with Crippen LogP contribution in [0.2, 0.25) is 0 Å². The normalized spacial score (nSPS) is 11.3. The molecule has 0 aliphatic carbocycles. The van der Waals surface area contributed by atoms with Gasteiger partial charge in [0.2, 0.25) is 0 Å². The SMILES string of the molecule is C=Cc1ccc(C(=O)OC(C)(C)c2ccc(O)cc2)c2ccccc12. The van der Waals surface area contributed by atoms with Crippen molar-refractivity contribution in [3.05, 3.63) is 83.9 Å². The molecule has 1 N–H and O–H groups in total. The summed E-state index contributed by atoms with van der Waals surface area (Å²) in [5.41, 5.74) is 1.49. The molecule has 0 saturated heterocycles. The molecule has 0 fully saturated rings. The fourth-order valence-corrected chi connectivity index (χ4v) is 2.89. The maximum absolute atomic E-state index is 12.8. The lowest BCUT2D eigenvalue weighted by molar-refractivity contribution is -0.00290. The quantitative estimate of drug-likeness (QED) is 0.661. The van der Waals surface area contributed by atoms with Gasteiger partial charge in [0.25, 0.3) is 0 Å². The number of hydrogen-bond acceptors (Lipinski definition) is 3. The van der Waals surface area contributed by atoms with Gasteiger partial charge in [0.15, 0.2) is 0 Å². The number of rotatable bonds is 4. The van der Waals surface area contributed by atoms with Crippen LogP contribution in [0.1, 0.15) is 35.3 Å². The largest absolute Gasteiger partial charge is 0.508 e. The maximum Gasteiger partial charge on any atom is 0.339 e. The van der Waals surface area contributed by atoms with Crippen LogP contribution in [0.3, 0.4) is 0 Å². The fraction of sp³-hybridized carbons (Fsp3) is 0.136. The highest BCUT2D eigenvalue weighted by molar-refractivity contribution is 6.06. The summed E-state index contributed by atoms with van der Waals surface area (Å²) in [5, 5.41) is 11.2. The summed E-state index contributed by atoms with van der Waals surface area (Å²) in [6.07, 6.45) is 1.78. The summed E-state index contributed by atoms with van der Waals surface area (Å²) in [5.74, 6) is -0.207. The zero-order valence-corrected chi connectivity index (χ0v) is 14.3. The van der Waals surface area contributed by atoms with Gasteiger partial charge in [0.05, 0.1) is 5.56 Å². The van der Waals surface area contributed by atoms with Crippen LogP contribution in [0.15, 0.2) is 67.2 Å². The first-order valence-corrected chi connectivity index (χ1v) is 8.09. The molecule has 0 bridgehead atoms. The number of phenols is 1. The van der Waals surface area contributed by atoms with Gasteiger partial charge in [-0.15, -0.1) is 0 Å². The fourth-order valence-electron chi connectivity index (χ4n) is 2.89. The molecule has 0 aliphatic heterocycles. The molecule has 3 nitrogen and oxygen atoms in total. The molecule has 0 heterocycles. The lowest BCUT2D eigenvalue weighted by Gasteiger charge is -2.26. The molecule has 3 aromatic carbocycles. The van der Waals surface area contributed by atoms with Crippen molar-refractivity contribution in [1.82, 2.24) is 0 Å². The zero-order chi connectivity index (χ0) is 18.0. The van der Waals surface area contributed by atoms with Crippen molar-refractivity contribution in [2.75, 3.05) is 0 Å². The van der Waals surface area contributed by atoms with E-state index >= 15 is 0 Å². The third-order valence-corrected chi connectivity index (χ3v) is 4.31. The molecule has 0 saturated carbocycles. The van der Waals surface area contributed by atoms with Crippen LogP contribution in [0, 0.1) is 0 Å². The summed E-state index contributed by atoms with van der Waals surface area (Å²) in [6, 6.07) is 18.0. The van der Waals surface area contributed by atoms with Crippen LogP contribution in [0.5, 0.6) is 5.75 Å². The molecule has 0 amide bonds. The topological polar surface area (TPSA) is 46.5 Å². The average Bonchev–Trinajstić information content (AvgIpc) is 2.60. The van der Waals surface area contributed by atoms with E-state index in [1.54, 1.807) is 36.4 Å². The summed E-state index contributed by atoms with van der Waals surface area (Å²) >= 11 is 0. The Morgan fingerprint density at radius 3 is 2.28 bits per heavy atom. The molecule has 0 aromatic heterocycles. The standard InChI is InChI=1S/C22H20O3/c1-4-15-9-14-20(19-8-6-5-7-18(15)19)21(24)25-22(2,3)16-10-12-17(23)13-11-16/h4-14,23H,1H2,2-3H3. The second-order valence-electron chi connectivity index (χ2n) is 6.40. The van der Waals surface area contributed by atoms with Crippen molar-refractivity contribution < 1.29 is 14.6 Å². The minimum atomic E-state index is -0.816. The molecular formula is C22H20O3. The van der Waals surface area contributed by atoms with Crippen molar-refractivity contribution in [3.8, 4) is 5.75 Å². The summed E-state index contributed by atoms with van der Waals surface area (Å²) < 4.78 is 5.79. The van der Waals surface area contributed by atoms with E-state index in [4.69, 9.17) is 4.74 Å². The van der Waals surface area contributed by atoms with E-state index in [1.807, 2.05) is 44.2 Å². The van der Waals surface area contributed by atoms with E-state index in [-0.39, 0.29) is 11.7 Å². The zero-order valence-electron chi connectivity index (χ0n) is 14.3. The molecule has 25 heavy (non-hydrogen) atoms. The van der Waals surface area contributed by atoms with Gasteiger partial charge in [0, 0.05) is 0 Å². The average molecular weight is 332 g/mol. The number of carbonyl (C=O) groups is 1. The number of ether oxygens (including phenoxy) is 1. The van der Waals surface area contributed by atoms with E-state index in [1.165, 1.54) is 0 Å². The molecule has 0 atom stereocenters. The minimum Gasteiger partial charge on any atom is -0.508 e. The van der Waals surface area contributed by atoms with Crippen molar-refractivity contribution >= 4 is 22.8 Å². The minimum absolute atomic E-state index is 0.178. The number of benzene rings is 3. The maximum atomic E-state index is 12.8. The Morgan fingerprint density at radius 1 is 1.00 bits per heavy atom. The number of fused-ring (bicyclic) bond motifs is 1. The third-order valence-electron chi connectivity index (χ3n) is 4.31. The monoisotopic (exact) mass is 332 g/mol. The number of carbonyl (C=O) groups excluding carboxylic acids is 1. The molecule has 0 radical (unpaired) electrons. The lowest BCUT2D eigenvalue weighted by atomic mass is 9.97. The Bertz CT molecular complexity index is 937. The van der Waals surface area contributed by atoms with Crippen LogP contribution in [0.25, 0.3) is 16.8 Å². The van der Waals surface area contributed by atoms with Gasteiger partial charge in [-0.2, -0.15) is 0 Å². The Balaban J connectivity index is 1.97. The van der Waals surface area contributed by atoms with Crippen LogP contribution in [-0.2, 0) is 10.3 Å². The number of hydrogen-bond donors (Lipinski definition) is 1. The van der Waals surface area contributed by atoms with E-state index < -0.39 is 5.60 Å². The molecule has 0 spiro atoms. The van der Waals surface area contributed by atoms with Crippen LogP contribution in [-0.4, -0.2) is 11.1 Å². The summed E-state index contributed by atoms with van der Waals surface area (Å²) in [7, 11) is 0. The highest BCUT2D eigenvalue weighted by atomic mass is 16.6. The Labute approximate surface area is 147 Å². The van der Waals surface area contributed by atoms with Gasteiger partial charge >= 0.3 is 5.97 Å². The molecule has 3 aromatic rings. The smallest absolute Gasteiger partial charge is 0.339 e.